The van der Waals surface area contributed by atoms with E-state index in [1.54, 1.807) is 0 Å². The first-order chi connectivity index (χ1) is 10.6. The molecule has 1 aromatic heterocycles. The predicted octanol–water partition coefficient (Wildman–Crippen LogP) is 3.42. The first-order valence-corrected chi connectivity index (χ1v) is 6.98. The smallest absolute Gasteiger partial charge is 0.419 e. The molecule has 1 saturated heterocycles. The number of nitrogens with zero attached hydrogens (tertiary/aromatic N) is 1. The fraction of sp³-hybridized carbons (Fsp3) is 0.400. The third kappa shape index (κ3) is 3.09. The van der Waals surface area contributed by atoms with Gasteiger partial charge in [0.2, 0.25) is 5.89 Å². The summed E-state index contributed by atoms with van der Waals surface area (Å²) in [6.45, 7) is 1.45. The average Bonchev–Trinajstić information content (AvgIpc) is 3.18. The molecular weight excluding hydrogens is 297 g/mol. The van der Waals surface area contributed by atoms with Gasteiger partial charge in [0.15, 0.2) is 6.10 Å². The third-order valence-electron chi connectivity index (χ3n) is 3.67. The topological polar surface area (TPSA) is 47.3 Å². The maximum atomic E-state index is 13.1. The number of aromatic nitrogens is 1. The van der Waals surface area contributed by atoms with Crippen LogP contribution in [0.1, 0.15) is 24.0 Å². The van der Waals surface area contributed by atoms with Crippen LogP contribution in [0.3, 0.4) is 0 Å². The maximum Gasteiger partial charge on any atom is 0.419 e. The number of benzene rings is 1. The second-order valence-electron chi connectivity index (χ2n) is 5.16. The number of halogens is 3. The minimum atomic E-state index is -4.47. The molecule has 0 spiro atoms. The van der Waals surface area contributed by atoms with Crippen molar-refractivity contribution in [3.05, 3.63) is 48.2 Å². The van der Waals surface area contributed by atoms with Gasteiger partial charge in [-0.3, -0.25) is 0 Å². The summed E-state index contributed by atoms with van der Waals surface area (Å²) < 4.78 is 50.2. The van der Waals surface area contributed by atoms with Crippen molar-refractivity contribution in [1.82, 2.24) is 10.3 Å². The molecule has 22 heavy (non-hydrogen) atoms. The molecule has 0 radical (unpaired) electrons. The van der Waals surface area contributed by atoms with Crippen molar-refractivity contribution >= 4 is 0 Å². The second-order valence-corrected chi connectivity index (χ2v) is 5.16. The van der Waals surface area contributed by atoms with Gasteiger partial charge in [0.25, 0.3) is 0 Å². The second kappa shape index (κ2) is 6.00. The van der Waals surface area contributed by atoms with Crippen LogP contribution in [-0.2, 0) is 6.18 Å². The van der Waals surface area contributed by atoms with Crippen LogP contribution < -0.4 is 10.1 Å². The highest BCUT2D eigenvalue weighted by Crippen LogP contribution is 2.39. The van der Waals surface area contributed by atoms with E-state index in [1.165, 1.54) is 30.7 Å². The van der Waals surface area contributed by atoms with Gasteiger partial charge in [0, 0.05) is 12.5 Å². The molecular formula is C15H15F3N2O2. The van der Waals surface area contributed by atoms with E-state index in [-0.39, 0.29) is 11.7 Å². The van der Waals surface area contributed by atoms with Crippen molar-refractivity contribution in [3.8, 4) is 5.75 Å². The molecule has 2 aromatic rings. The molecule has 118 valence electrons. The summed E-state index contributed by atoms with van der Waals surface area (Å²) in [4.78, 5) is 4.05. The summed E-state index contributed by atoms with van der Waals surface area (Å²) >= 11 is 0. The Morgan fingerprint density at radius 1 is 1.32 bits per heavy atom. The minimum Gasteiger partial charge on any atom is -0.480 e. The molecule has 1 fully saturated rings. The number of hydrogen-bond donors (Lipinski definition) is 1. The van der Waals surface area contributed by atoms with Gasteiger partial charge in [-0.2, -0.15) is 13.2 Å². The summed E-state index contributed by atoms with van der Waals surface area (Å²) in [5.74, 6) is 0.107. The SMILES string of the molecule is FC(F)(F)c1ccccc1OC(c1ncco1)C1CCNC1. The number of alkyl halides is 3. The molecule has 2 heterocycles. The van der Waals surface area contributed by atoms with Crippen LogP contribution >= 0.6 is 0 Å². The Labute approximate surface area is 125 Å². The Hall–Kier alpha value is -2.02. The highest BCUT2D eigenvalue weighted by atomic mass is 19.4. The zero-order valence-corrected chi connectivity index (χ0v) is 11.6. The highest BCUT2D eigenvalue weighted by Gasteiger charge is 2.37. The first kappa shape index (κ1) is 14.9. The molecule has 0 amide bonds. The lowest BCUT2D eigenvalue weighted by Gasteiger charge is -2.23. The Morgan fingerprint density at radius 3 is 2.77 bits per heavy atom. The standard InChI is InChI=1S/C15H15F3N2O2/c16-15(17,18)11-3-1-2-4-12(11)22-13(10-5-6-19-9-10)14-20-7-8-21-14/h1-4,7-8,10,13,19H,5-6,9H2. The predicted molar refractivity (Wildman–Crippen MR) is 72.3 cm³/mol. The van der Waals surface area contributed by atoms with Gasteiger partial charge < -0.3 is 14.5 Å². The van der Waals surface area contributed by atoms with Crippen LogP contribution in [0.2, 0.25) is 0 Å². The zero-order valence-electron chi connectivity index (χ0n) is 11.6. The molecule has 0 saturated carbocycles. The van der Waals surface area contributed by atoms with Crippen LogP contribution in [0, 0.1) is 5.92 Å². The molecule has 3 rings (SSSR count). The number of oxazole rings is 1. The quantitative estimate of drug-likeness (QED) is 0.939. The Kier molecular flexibility index (Phi) is 4.06. The zero-order chi connectivity index (χ0) is 15.6. The highest BCUT2D eigenvalue weighted by molar-refractivity contribution is 5.36. The molecule has 1 aromatic carbocycles. The molecule has 1 aliphatic rings. The Morgan fingerprint density at radius 2 is 2.14 bits per heavy atom. The van der Waals surface area contributed by atoms with Crippen molar-refractivity contribution in [3.63, 3.8) is 0 Å². The van der Waals surface area contributed by atoms with E-state index in [4.69, 9.17) is 9.15 Å². The lowest BCUT2D eigenvalue weighted by Crippen LogP contribution is -2.23. The van der Waals surface area contributed by atoms with E-state index in [9.17, 15) is 13.2 Å². The molecule has 0 aliphatic carbocycles. The van der Waals surface area contributed by atoms with E-state index in [2.05, 4.69) is 10.3 Å². The molecule has 0 bridgehead atoms. The molecule has 4 nitrogen and oxygen atoms in total. The first-order valence-electron chi connectivity index (χ1n) is 6.98. The number of nitrogens with one attached hydrogen (secondary N) is 1. The summed E-state index contributed by atoms with van der Waals surface area (Å²) in [7, 11) is 0. The maximum absolute atomic E-state index is 13.1. The largest absolute Gasteiger partial charge is 0.480 e. The van der Waals surface area contributed by atoms with Gasteiger partial charge >= 0.3 is 6.18 Å². The van der Waals surface area contributed by atoms with Gasteiger partial charge in [-0.1, -0.05) is 12.1 Å². The van der Waals surface area contributed by atoms with Crippen LogP contribution in [-0.4, -0.2) is 18.1 Å². The summed E-state index contributed by atoms with van der Waals surface area (Å²) in [5.41, 5.74) is -0.794. The number of ether oxygens (including phenoxy) is 1. The summed E-state index contributed by atoms with van der Waals surface area (Å²) in [6.07, 6.45) is -1.46. The van der Waals surface area contributed by atoms with Gasteiger partial charge in [-0.25, -0.2) is 4.98 Å². The van der Waals surface area contributed by atoms with Gasteiger partial charge in [0.05, 0.1) is 11.8 Å². The minimum absolute atomic E-state index is 0.0138. The summed E-state index contributed by atoms with van der Waals surface area (Å²) in [6, 6.07) is 5.19. The Bertz CT molecular complexity index is 608. The fourth-order valence-corrected chi connectivity index (χ4v) is 2.60. The van der Waals surface area contributed by atoms with Crippen molar-refractivity contribution in [2.24, 2.45) is 5.92 Å². The molecule has 1 aliphatic heterocycles. The van der Waals surface area contributed by atoms with Crippen molar-refractivity contribution < 1.29 is 22.3 Å². The van der Waals surface area contributed by atoms with E-state index in [0.717, 1.165) is 19.0 Å². The molecule has 2 unspecified atom stereocenters. The number of hydrogen-bond acceptors (Lipinski definition) is 4. The molecule has 7 heteroatoms. The van der Waals surface area contributed by atoms with Gasteiger partial charge in [0.1, 0.15) is 12.0 Å². The average molecular weight is 312 g/mol. The third-order valence-corrected chi connectivity index (χ3v) is 3.67. The van der Waals surface area contributed by atoms with Crippen LogP contribution in [0.25, 0.3) is 0 Å². The van der Waals surface area contributed by atoms with E-state index >= 15 is 0 Å². The van der Waals surface area contributed by atoms with Crippen molar-refractivity contribution in [2.75, 3.05) is 13.1 Å². The normalized spacial score (nSPS) is 20.0. The van der Waals surface area contributed by atoms with E-state index in [0.29, 0.717) is 12.4 Å². The Balaban J connectivity index is 1.91. The van der Waals surface area contributed by atoms with E-state index < -0.39 is 17.8 Å². The number of rotatable bonds is 4. The fourth-order valence-electron chi connectivity index (χ4n) is 2.60. The van der Waals surface area contributed by atoms with E-state index in [1.807, 2.05) is 0 Å². The summed E-state index contributed by atoms with van der Waals surface area (Å²) in [5, 5.41) is 3.17. The van der Waals surface area contributed by atoms with Gasteiger partial charge in [-0.05, 0) is 25.1 Å². The lowest BCUT2D eigenvalue weighted by molar-refractivity contribution is -0.139. The molecule has 2 atom stereocenters. The molecule has 1 N–H and O–H groups in total. The van der Waals surface area contributed by atoms with Gasteiger partial charge in [-0.15, -0.1) is 0 Å². The van der Waals surface area contributed by atoms with Crippen LogP contribution in [0.15, 0.2) is 41.1 Å². The monoisotopic (exact) mass is 312 g/mol. The van der Waals surface area contributed by atoms with Crippen LogP contribution in [0.5, 0.6) is 5.75 Å². The van der Waals surface area contributed by atoms with Crippen molar-refractivity contribution in [1.29, 1.82) is 0 Å². The lowest BCUT2D eigenvalue weighted by atomic mass is 10.0. The number of para-hydroxylation sites is 1. The van der Waals surface area contributed by atoms with Crippen LogP contribution in [0.4, 0.5) is 13.2 Å². The van der Waals surface area contributed by atoms with Crippen molar-refractivity contribution in [2.45, 2.75) is 18.7 Å².